The van der Waals surface area contributed by atoms with Crippen LogP contribution in [0.5, 0.6) is 5.75 Å². The van der Waals surface area contributed by atoms with Crippen molar-refractivity contribution >= 4 is 0 Å². The summed E-state index contributed by atoms with van der Waals surface area (Å²) in [5.41, 5.74) is 6.13. The molecule has 0 spiro atoms. The first kappa shape index (κ1) is 29.2. The largest absolute Gasteiger partial charge is 0.491 e. The molecule has 0 saturated heterocycles. The Morgan fingerprint density at radius 2 is 1.03 bits per heavy atom. The van der Waals surface area contributed by atoms with Gasteiger partial charge in [0.25, 0.3) is 0 Å². The van der Waals surface area contributed by atoms with Gasteiger partial charge in [0, 0.05) is 7.11 Å². The molecular formula is C28H42O7. The normalized spacial score (nSPS) is 11.2. The molecule has 0 aliphatic carbocycles. The van der Waals surface area contributed by atoms with Crippen molar-refractivity contribution in [1.29, 1.82) is 0 Å². The molecule has 0 amide bonds. The summed E-state index contributed by atoms with van der Waals surface area (Å²) in [6.07, 6.45) is 0. The summed E-state index contributed by atoms with van der Waals surface area (Å²) in [6, 6.07) is 12.9. The van der Waals surface area contributed by atoms with Crippen molar-refractivity contribution in [3.05, 3.63) is 53.1 Å². The molecule has 0 bridgehead atoms. The Morgan fingerprint density at radius 1 is 0.514 bits per heavy atom. The third kappa shape index (κ3) is 12.5. The van der Waals surface area contributed by atoms with Crippen LogP contribution in [0.2, 0.25) is 0 Å². The van der Waals surface area contributed by atoms with Gasteiger partial charge in [0.05, 0.1) is 72.7 Å². The molecule has 0 N–H and O–H groups in total. The van der Waals surface area contributed by atoms with E-state index in [2.05, 4.69) is 51.1 Å². The van der Waals surface area contributed by atoms with Gasteiger partial charge in [-0.05, 0) is 55.2 Å². The second-order valence-corrected chi connectivity index (χ2v) is 8.20. The van der Waals surface area contributed by atoms with Crippen LogP contribution in [0.3, 0.4) is 0 Å². The topological polar surface area (TPSA) is 64.6 Å². The molecule has 0 unspecified atom stereocenters. The van der Waals surface area contributed by atoms with Crippen LogP contribution in [0.15, 0.2) is 36.4 Å². The predicted molar refractivity (Wildman–Crippen MR) is 138 cm³/mol. The van der Waals surface area contributed by atoms with Gasteiger partial charge in [0.2, 0.25) is 0 Å². The van der Waals surface area contributed by atoms with Gasteiger partial charge in [0.1, 0.15) is 12.4 Å². The lowest BCUT2D eigenvalue weighted by molar-refractivity contribution is -0.0159. The Labute approximate surface area is 210 Å². The second kappa shape index (κ2) is 18.3. The number of ether oxygens (including phenoxy) is 7. The first-order chi connectivity index (χ1) is 17.1. The zero-order chi connectivity index (χ0) is 25.1. The van der Waals surface area contributed by atoms with Crippen LogP contribution in [-0.4, -0.2) is 86.4 Å². The van der Waals surface area contributed by atoms with E-state index < -0.39 is 0 Å². The highest BCUT2D eigenvalue weighted by molar-refractivity contribution is 5.69. The zero-order valence-electron chi connectivity index (χ0n) is 21.8. The minimum absolute atomic E-state index is 0.504. The van der Waals surface area contributed by atoms with Crippen molar-refractivity contribution in [2.45, 2.75) is 20.8 Å². The Bertz CT molecular complexity index is 825. The standard InChI is InChI=1S/C28H42O7/c1-23-5-6-24(2)27(21-23)26-7-8-28(25(3)22-26)35-20-19-34-18-17-33-16-15-32-14-13-31-12-11-30-10-9-29-4/h5-8,21-22H,9-20H2,1-4H3. The Hall–Kier alpha value is -2.00. The maximum absolute atomic E-state index is 5.89. The highest BCUT2D eigenvalue weighted by atomic mass is 16.6. The molecule has 196 valence electrons. The molecule has 2 rings (SSSR count). The van der Waals surface area contributed by atoms with Gasteiger partial charge in [-0.3, -0.25) is 0 Å². The van der Waals surface area contributed by atoms with Gasteiger partial charge in [-0.25, -0.2) is 0 Å². The van der Waals surface area contributed by atoms with Crippen molar-refractivity contribution < 1.29 is 33.2 Å². The van der Waals surface area contributed by atoms with Crippen LogP contribution >= 0.6 is 0 Å². The summed E-state index contributed by atoms with van der Waals surface area (Å²) in [6.45, 7) is 12.9. The van der Waals surface area contributed by atoms with Crippen molar-refractivity contribution in [3.8, 4) is 16.9 Å². The SMILES string of the molecule is COCCOCCOCCOCCOCCOCCOc1ccc(-c2cc(C)ccc2C)cc1C. The first-order valence-corrected chi connectivity index (χ1v) is 12.3. The van der Waals surface area contributed by atoms with Gasteiger partial charge in [-0.2, -0.15) is 0 Å². The summed E-state index contributed by atoms with van der Waals surface area (Å²) < 4.78 is 38.1. The minimum atomic E-state index is 0.504. The fourth-order valence-corrected chi connectivity index (χ4v) is 3.36. The Balaban J connectivity index is 1.44. The maximum atomic E-state index is 5.89. The third-order valence-electron chi connectivity index (χ3n) is 5.28. The van der Waals surface area contributed by atoms with Crippen molar-refractivity contribution in [2.24, 2.45) is 0 Å². The van der Waals surface area contributed by atoms with E-state index in [4.69, 9.17) is 33.2 Å². The van der Waals surface area contributed by atoms with Crippen LogP contribution in [0, 0.1) is 20.8 Å². The summed E-state index contributed by atoms with van der Waals surface area (Å²) in [7, 11) is 1.65. The summed E-state index contributed by atoms with van der Waals surface area (Å²) in [4.78, 5) is 0. The lowest BCUT2D eigenvalue weighted by atomic mass is 9.97. The van der Waals surface area contributed by atoms with Gasteiger partial charge < -0.3 is 33.2 Å². The van der Waals surface area contributed by atoms with E-state index in [0.717, 1.165) is 11.3 Å². The van der Waals surface area contributed by atoms with E-state index in [1.54, 1.807) is 7.11 Å². The molecule has 0 heterocycles. The molecule has 0 radical (unpaired) electrons. The highest BCUT2D eigenvalue weighted by Gasteiger charge is 2.06. The molecule has 7 nitrogen and oxygen atoms in total. The summed E-state index contributed by atoms with van der Waals surface area (Å²) >= 11 is 0. The van der Waals surface area contributed by atoms with E-state index in [9.17, 15) is 0 Å². The highest BCUT2D eigenvalue weighted by Crippen LogP contribution is 2.29. The number of hydrogen-bond acceptors (Lipinski definition) is 7. The smallest absolute Gasteiger partial charge is 0.122 e. The number of hydrogen-bond donors (Lipinski definition) is 0. The molecular weight excluding hydrogens is 448 g/mol. The lowest BCUT2D eigenvalue weighted by Crippen LogP contribution is -2.14. The van der Waals surface area contributed by atoms with E-state index in [1.807, 2.05) is 6.07 Å². The van der Waals surface area contributed by atoms with Gasteiger partial charge in [0.15, 0.2) is 0 Å². The Morgan fingerprint density at radius 3 is 1.54 bits per heavy atom. The van der Waals surface area contributed by atoms with Gasteiger partial charge in [-0.1, -0.05) is 29.8 Å². The van der Waals surface area contributed by atoms with Crippen LogP contribution < -0.4 is 4.74 Å². The summed E-state index contributed by atoms with van der Waals surface area (Å²) in [5, 5.41) is 0. The molecule has 7 heteroatoms. The van der Waals surface area contributed by atoms with E-state index in [1.165, 1.54) is 22.3 Å². The number of rotatable bonds is 20. The van der Waals surface area contributed by atoms with E-state index in [0.29, 0.717) is 79.3 Å². The van der Waals surface area contributed by atoms with E-state index >= 15 is 0 Å². The van der Waals surface area contributed by atoms with Gasteiger partial charge >= 0.3 is 0 Å². The monoisotopic (exact) mass is 490 g/mol. The number of benzene rings is 2. The Kier molecular flexibility index (Phi) is 15.3. The van der Waals surface area contributed by atoms with Crippen LogP contribution in [0.4, 0.5) is 0 Å². The maximum Gasteiger partial charge on any atom is 0.122 e. The van der Waals surface area contributed by atoms with Crippen LogP contribution in [-0.2, 0) is 28.4 Å². The third-order valence-corrected chi connectivity index (χ3v) is 5.28. The fourth-order valence-electron chi connectivity index (χ4n) is 3.36. The zero-order valence-corrected chi connectivity index (χ0v) is 21.8. The van der Waals surface area contributed by atoms with Crippen molar-refractivity contribution in [3.63, 3.8) is 0 Å². The molecule has 0 fully saturated rings. The molecule has 0 saturated carbocycles. The molecule has 2 aromatic carbocycles. The fraction of sp³-hybridized carbons (Fsp3) is 0.571. The molecule has 0 aliphatic heterocycles. The van der Waals surface area contributed by atoms with E-state index in [-0.39, 0.29) is 0 Å². The molecule has 2 aromatic rings. The van der Waals surface area contributed by atoms with Crippen LogP contribution in [0.25, 0.3) is 11.1 Å². The quantitative estimate of drug-likeness (QED) is 0.255. The molecule has 0 aliphatic rings. The number of methoxy groups -OCH3 is 1. The molecule has 0 atom stereocenters. The average molecular weight is 491 g/mol. The average Bonchev–Trinajstić information content (AvgIpc) is 2.85. The number of aryl methyl sites for hydroxylation is 3. The van der Waals surface area contributed by atoms with Crippen molar-refractivity contribution in [2.75, 3.05) is 86.4 Å². The predicted octanol–water partition coefficient (Wildman–Crippen LogP) is 4.39. The molecule has 0 aromatic heterocycles. The lowest BCUT2D eigenvalue weighted by Gasteiger charge is -2.13. The molecule has 35 heavy (non-hydrogen) atoms. The van der Waals surface area contributed by atoms with Gasteiger partial charge in [-0.15, -0.1) is 0 Å². The first-order valence-electron chi connectivity index (χ1n) is 12.3. The van der Waals surface area contributed by atoms with Crippen molar-refractivity contribution in [1.82, 2.24) is 0 Å². The summed E-state index contributed by atoms with van der Waals surface area (Å²) in [5.74, 6) is 0.888. The van der Waals surface area contributed by atoms with Crippen LogP contribution in [0.1, 0.15) is 16.7 Å². The second-order valence-electron chi connectivity index (χ2n) is 8.20. The minimum Gasteiger partial charge on any atom is -0.491 e.